The van der Waals surface area contributed by atoms with Crippen molar-refractivity contribution in [2.75, 3.05) is 26.3 Å². The summed E-state index contributed by atoms with van der Waals surface area (Å²) in [5.74, 6) is -0.538. The Morgan fingerprint density at radius 2 is 1.86 bits per heavy atom. The molecule has 0 bridgehead atoms. The van der Waals surface area contributed by atoms with E-state index in [1.165, 1.54) is 4.90 Å². The van der Waals surface area contributed by atoms with E-state index >= 15 is 0 Å². The number of morpholine rings is 1. The third-order valence-electron chi connectivity index (χ3n) is 7.05. The number of nitrogens with one attached hydrogen (secondary N) is 1. The molecule has 2 fully saturated rings. The second kappa shape index (κ2) is 10.1. The summed E-state index contributed by atoms with van der Waals surface area (Å²) in [5, 5.41) is 2.31. The number of carbonyl (C=O) groups excluding carboxylic acids is 3. The molecule has 2 saturated heterocycles. The molecule has 1 unspecified atom stereocenters. The van der Waals surface area contributed by atoms with E-state index < -0.39 is 11.9 Å². The molecule has 3 heterocycles. The zero-order valence-corrected chi connectivity index (χ0v) is 19.9. The largest absolute Gasteiger partial charge is 0.489 e. The molecule has 8 nitrogen and oxygen atoms in total. The summed E-state index contributed by atoms with van der Waals surface area (Å²) >= 11 is 0. The fraction of sp³-hybridized carbons (Fsp3) is 0.400. The Balaban J connectivity index is 1.32. The number of piperidine rings is 1. The van der Waals surface area contributed by atoms with Crippen LogP contribution in [0, 0.1) is 0 Å². The summed E-state index contributed by atoms with van der Waals surface area (Å²) in [4.78, 5) is 40.6. The Bertz CT molecular complexity index is 1230. The second-order valence-corrected chi connectivity index (χ2v) is 9.29. The first-order chi connectivity index (χ1) is 17.3. The number of carbonyl (C=O) groups is 3. The lowest BCUT2D eigenvalue weighted by molar-refractivity contribution is -0.136. The van der Waals surface area contributed by atoms with Gasteiger partial charge in [0.05, 0.1) is 19.8 Å². The highest BCUT2D eigenvalue weighted by Crippen LogP contribution is 2.33. The molecule has 3 aliphatic heterocycles. The van der Waals surface area contributed by atoms with E-state index in [2.05, 4.69) is 10.2 Å². The highest BCUT2D eigenvalue weighted by Gasteiger charge is 2.40. The monoisotopic (exact) mass is 479 g/mol. The molecule has 2 aromatic carbocycles. The average Bonchev–Trinajstić information content (AvgIpc) is 3.20. The summed E-state index contributed by atoms with van der Waals surface area (Å²) in [6, 6.07) is 6.34. The second-order valence-electron chi connectivity index (χ2n) is 9.29. The first-order valence-electron chi connectivity index (χ1n) is 12.0. The zero-order chi connectivity index (χ0) is 25.4. The van der Waals surface area contributed by atoms with Gasteiger partial charge in [-0.1, -0.05) is 28.5 Å². The van der Waals surface area contributed by atoms with Gasteiger partial charge in [-0.3, -0.25) is 24.6 Å². The van der Waals surface area contributed by atoms with Crippen LogP contribution >= 0.6 is 0 Å². The van der Waals surface area contributed by atoms with Gasteiger partial charge < -0.3 is 14.4 Å². The van der Waals surface area contributed by atoms with E-state index in [-0.39, 0.29) is 31.4 Å². The van der Waals surface area contributed by atoms with Crippen molar-refractivity contribution < 1.29 is 23.9 Å². The van der Waals surface area contributed by atoms with Gasteiger partial charge in [0.2, 0.25) is 11.8 Å². The number of ether oxygens (including phenoxy) is 2. The van der Waals surface area contributed by atoms with Gasteiger partial charge in [-0.25, -0.2) is 0 Å². The van der Waals surface area contributed by atoms with E-state index in [0.717, 1.165) is 18.7 Å². The number of imide groups is 1. The van der Waals surface area contributed by atoms with Crippen LogP contribution in [0.4, 0.5) is 0 Å². The minimum absolute atomic E-state index is 0.0722. The Hall–Kier alpha value is -3.04. The van der Waals surface area contributed by atoms with Crippen LogP contribution in [0.1, 0.15) is 39.9 Å². The lowest BCUT2D eigenvalue weighted by Gasteiger charge is -2.29. The van der Waals surface area contributed by atoms with Gasteiger partial charge in [0.25, 0.3) is 5.91 Å². The number of nitrogens with zero attached hydrogens (tertiary/aromatic N) is 2. The van der Waals surface area contributed by atoms with Crippen LogP contribution in [0.25, 0.3) is 0 Å². The molecule has 2 aromatic rings. The molecule has 0 aromatic heterocycles. The predicted octanol–water partition coefficient (Wildman–Crippen LogP) is -1.76. The van der Waals surface area contributed by atoms with E-state index in [0.29, 0.717) is 65.0 Å². The number of hydrogen-bond acceptors (Lipinski definition) is 6. The number of benzene rings is 2. The summed E-state index contributed by atoms with van der Waals surface area (Å²) < 4.78 is 11.5. The summed E-state index contributed by atoms with van der Waals surface area (Å²) in [7, 11) is 19.1. The van der Waals surface area contributed by atoms with Crippen LogP contribution in [-0.4, -0.2) is 83.4 Å². The lowest BCUT2D eigenvalue weighted by atomic mass is 9.70. The molecule has 0 aliphatic carbocycles. The van der Waals surface area contributed by atoms with Crippen LogP contribution in [0.3, 0.4) is 0 Å². The fourth-order valence-corrected chi connectivity index (χ4v) is 4.98. The van der Waals surface area contributed by atoms with Crippen molar-refractivity contribution in [1.29, 1.82) is 0 Å². The highest BCUT2D eigenvalue weighted by atomic mass is 16.5. The topological polar surface area (TPSA) is 88.2 Å². The zero-order valence-electron chi connectivity index (χ0n) is 19.9. The summed E-state index contributed by atoms with van der Waals surface area (Å²) in [6.07, 6.45) is 0.491. The van der Waals surface area contributed by atoms with Crippen molar-refractivity contribution in [3.05, 3.63) is 46.5 Å². The first kappa shape index (κ1) is 24.7. The van der Waals surface area contributed by atoms with Crippen LogP contribution < -0.4 is 26.4 Å². The van der Waals surface area contributed by atoms with Gasteiger partial charge >= 0.3 is 0 Å². The van der Waals surface area contributed by atoms with Crippen molar-refractivity contribution in [2.24, 2.45) is 0 Å². The average molecular weight is 479 g/mol. The van der Waals surface area contributed by atoms with Gasteiger partial charge in [0.1, 0.15) is 41.9 Å². The third-order valence-corrected chi connectivity index (χ3v) is 7.05. The quantitative estimate of drug-likeness (QED) is 0.391. The van der Waals surface area contributed by atoms with E-state index in [1.807, 2.05) is 6.07 Å². The minimum atomic E-state index is -0.694. The van der Waals surface area contributed by atoms with E-state index in [1.54, 1.807) is 18.2 Å². The van der Waals surface area contributed by atoms with Crippen LogP contribution in [0.5, 0.6) is 5.75 Å². The molecule has 3 amide bonds. The van der Waals surface area contributed by atoms with Crippen molar-refractivity contribution >= 4 is 57.6 Å². The molecule has 5 rings (SSSR count). The lowest BCUT2D eigenvalue weighted by Crippen LogP contribution is -2.52. The number of rotatable bonds is 6. The van der Waals surface area contributed by atoms with Crippen molar-refractivity contribution in [2.45, 2.75) is 38.6 Å². The SMILES string of the molecule is [B]c1cc(CN2CCOCC2)c([B])c([B])c1COc1cccc2c1CN(C1CCC(=O)NC1=O)C2=O. The van der Waals surface area contributed by atoms with Crippen LogP contribution in [0.15, 0.2) is 24.3 Å². The molecule has 6 radical (unpaired) electrons. The number of amides is 3. The van der Waals surface area contributed by atoms with E-state index in [9.17, 15) is 14.4 Å². The highest BCUT2D eigenvalue weighted by molar-refractivity contribution is 6.51. The molecular weight excluding hydrogens is 455 g/mol. The van der Waals surface area contributed by atoms with Gasteiger partial charge in [0.15, 0.2) is 0 Å². The van der Waals surface area contributed by atoms with E-state index in [4.69, 9.17) is 33.0 Å². The molecule has 0 spiro atoms. The molecule has 36 heavy (non-hydrogen) atoms. The van der Waals surface area contributed by atoms with Crippen molar-refractivity contribution in [3.8, 4) is 5.75 Å². The molecular formula is C25H24B3N3O5. The first-order valence-corrected chi connectivity index (χ1v) is 12.0. The minimum Gasteiger partial charge on any atom is -0.489 e. The summed E-state index contributed by atoms with van der Waals surface area (Å²) in [5.41, 5.74) is 3.95. The Morgan fingerprint density at radius 1 is 1.08 bits per heavy atom. The van der Waals surface area contributed by atoms with Gasteiger partial charge in [-0.15, -0.1) is 0 Å². The molecule has 1 N–H and O–H groups in total. The maximum absolute atomic E-state index is 13.0. The number of fused-ring (bicyclic) bond motifs is 1. The Morgan fingerprint density at radius 3 is 2.61 bits per heavy atom. The van der Waals surface area contributed by atoms with Gasteiger partial charge in [-0.05, 0) is 29.7 Å². The molecule has 3 aliphatic rings. The smallest absolute Gasteiger partial charge is 0.255 e. The normalized spacial score (nSPS) is 20.4. The number of hydrogen-bond donors (Lipinski definition) is 1. The maximum Gasteiger partial charge on any atom is 0.255 e. The van der Waals surface area contributed by atoms with Crippen LogP contribution in [0.2, 0.25) is 0 Å². The molecule has 11 heteroatoms. The third kappa shape index (κ3) is 4.69. The predicted molar refractivity (Wildman–Crippen MR) is 136 cm³/mol. The molecule has 1 atom stereocenters. The fourth-order valence-electron chi connectivity index (χ4n) is 4.98. The Kier molecular flexibility index (Phi) is 6.95. The van der Waals surface area contributed by atoms with Gasteiger partial charge in [0, 0.05) is 37.2 Å². The van der Waals surface area contributed by atoms with Crippen molar-refractivity contribution in [1.82, 2.24) is 15.1 Å². The maximum atomic E-state index is 13.0. The molecule has 178 valence electrons. The Labute approximate surface area is 213 Å². The van der Waals surface area contributed by atoms with Crippen LogP contribution in [-0.2, 0) is 34.0 Å². The standard InChI is InChI=1S/C25H24B3N3O5/c26-18-10-14(11-30-6-8-35-9-7-30)22(27)23(28)17(18)13-36-20-3-1-2-15-16(20)12-31(25(15)34)19-4-5-21(32)29-24(19)33/h1-3,10,19H,4-9,11-13H2,(H,29,32,33). The van der Waals surface area contributed by atoms with Crippen molar-refractivity contribution in [3.63, 3.8) is 0 Å². The molecule has 0 saturated carbocycles. The van der Waals surface area contributed by atoms with Gasteiger partial charge in [-0.2, -0.15) is 0 Å². The summed E-state index contributed by atoms with van der Waals surface area (Å²) in [6.45, 7) is 3.92.